The van der Waals surface area contributed by atoms with Gasteiger partial charge in [0.05, 0.1) is 5.69 Å². The van der Waals surface area contributed by atoms with Crippen molar-refractivity contribution in [1.82, 2.24) is 15.5 Å². The fraction of sp³-hybridized carbons (Fsp3) is 0.158. The molecule has 2 heterocycles. The third kappa shape index (κ3) is 3.06. The third-order valence-electron chi connectivity index (χ3n) is 4.19. The quantitative estimate of drug-likeness (QED) is 0.768. The van der Waals surface area contributed by atoms with Gasteiger partial charge in [0.2, 0.25) is 6.79 Å². The fourth-order valence-corrected chi connectivity index (χ4v) is 2.72. The first-order chi connectivity index (χ1) is 12.2. The van der Waals surface area contributed by atoms with Crippen LogP contribution in [0.3, 0.4) is 0 Å². The van der Waals surface area contributed by atoms with Crippen molar-refractivity contribution < 1.29 is 14.3 Å². The Hall–Kier alpha value is -3.28. The summed E-state index contributed by atoms with van der Waals surface area (Å²) in [6.45, 7) is 2.73. The number of fused-ring (bicyclic) bond motifs is 1. The molecule has 0 saturated carbocycles. The maximum absolute atomic E-state index is 12.3. The van der Waals surface area contributed by atoms with Crippen molar-refractivity contribution >= 4 is 5.91 Å². The van der Waals surface area contributed by atoms with E-state index in [1.165, 1.54) is 0 Å². The second kappa shape index (κ2) is 6.32. The van der Waals surface area contributed by atoms with Crippen LogP contribution in [0.5, 0.6) is 11.5 Å². The van der Waals surface area contributed by atoms with Gasteiger partial charge in [-0.05, 0) is 42.3 Å². The molecule has 2 aromatic carbocycles. The van der Waals surface area contributed by atoms with Crippen LogP contribution >= 0.6 is 0 Å². The van der Waals surface area contributed by atoms with Crippen LogP contribution in [0.25, 0.3) is 11.3 Å². The van der Waals surface area contributed by atoms with Crippen molar-refractivity contribution in [2.45, 2.75) is 13.5 Å². The molecule has 126 valence electrons. The lowest BCUT2D eigenvalue weighted by Gasteiger charge is -2.06. The van der Waals surface area contributed by atoms with Gasteiger partial charge in [-0.3, -0.25) is 9.89 Å². The number of ether oxygens (including phenoxy) is 2. The highest BCUT2D eigenvalue weighted by molar-refractivity contribution is 5.93. The summed E-state index contributed by atoms with van der Waals surface area (Å²) in [6, 6.07) is 15.3. The van der Waals surface area contributed by atoms with Gasteiger partial charge in [0, 0.05) is 12.1 Å². The van der Waals surface area contributed by atoms with Crippen molar-refractivity contribution in [2.75, 3.05) is 6.79 Å². The van der Waals surface area contributed by atoms with E-state index in [1.807, 2.05) is 49.4 Å². The first kappa shape index (κ1) is 15.3. The minimum atomic E-state index is -0.192. The van der Waals surface area contributed by atoms with Crippen molar-refractivity contribution in [1.29, 1.82) is 0 Å². The molecule has 0 aliphatic carbocycles. The normalized spacial score (nSPS) is 12.2. The van der Waals surface area contributed by atoms with Gasteiger partial charge in [0.15, 0.2) is 11.5 Å². The van der Waals surface area contributed by atoms with Gasteiger partial charge >= 0.3 is 0 Å². The van der Waals surface area contributed by atoms with E-state index in [9.17, 15) is 4.79 Å². The second-order valence-corrected chi connectivity index (χ2v) is 5.84. The monoisotopic (exact) mass is 335 g/mol. The Bertz CT molecular complexity index is 933. The summed E-state index contributed by atoms with van der Waals surface area (Å²) < 4.78 is 10.7. The number of aromatic amines is 1. The summed E-state index contributed by atoms with van der Waals surface area (Å²) in [7, 11) is 0. The van der Waals surface area contributed by atoms with Crippen LogP contribution in [0.15, 0.2) is 48.5 Å². The average molecular weight is 335 g/mol. The Labute approximate surface area is 144 Å². The molecule has 1 aliphatic heterocycles. The van der Waals surface area contributed by atoms with Crippen LogP contribution in [0.4, 0.5) is 0 Å². The van der Waals surface area contributed by atoms with Crippen molar-refractivity contribution in [3.8, 4) is 22.8 Å². The SMILES string of the molecule is Cc1ccccc1CNC(=O)c1cc(-c2ccc3c(c2)OCO3)n[nH]1. The molecule has 6 heteroatoms. The van der Waals surface area contributed by atoms with E-state index in [1.54, 1.807) is 6.07 Å². The van der Waals surface area contributed by atoms with E-state index < -0.39 is 0 Å². The number of hydrogen-bond acceptors (Lipinski definition) is 4. The van der Waals surface area contributed by atoms with Gasteiger partial charge in [0.1, 0.15) is 5.69 Å². The highest BCUT2D eigenvalue weighted by Gasteiger charge is 2.16. The van der Waals surface area contributed by atoms with Crippen LogP contribution in [-0.2, 0) is 6.54 Å². The maximum atomic E-state index is 12.3. The lowest BCUT2D eigenvalue weighted by molar-refractivity contribution is 0.0946. The number of nitrogens with one attached hydrogen (secondary N) is 2. The minimum absolute atomic E-state index is 0.192. The molecule has 1 amide bonds. The molecule has 0 radical (unpaired) electrons. The number of hydrogen-bond donors (Lipinski definition) is 2. The largest absolute Gasteiger partial charge is 0.454 e. The molecule has 0 saturated heterocycles. The van der Waals surface area contributed by atoms with E-state index in [0.29, 0.717) is 23.7 Å². The van der Waals surface area contributed by atoms with E-state index in [0.717, 1.165) is 22.4 Å². The Morgan fingerprint density at radius 1 is 1.16 bits per heavy atom. The lowest BCUT2D eigenvalue weighted by atomic mass is 10.1. The predicted octanol–water partition coefficient (Wildman–Crippen LogP) is 3.04. The Kier molecular flexibility index (Phi) is 3.85. The Morgan fingerprint density at radius 2 is 2.00 bits per heavy atom. The number of benzene rings is 2. The second-order valence-electron chi connectivity index (χ2n) is 5.84. The number of carbonyl (C=O) groups is 1. The van der Waals surface area contributed by atoms with Crippen molar-refractivity contribution in [2.24, 2.45) is 0 Å². The number of carbonyl (C=O) groups excluding carboxylic acids is 1. The topological polar surface area (TPSA) is 76.2 Å². The van der Waals surface area contributed by atoms with E-state index >= 15 is 0 Å². The molecule has 1 aromatic heterocycles. The standard InChI is InChI=1S/C19H17N3O3/c1-12-4-2-3-5-14(12)10-20-19(23)16-9-15(21-22-16)13-6-7-17-18(8-13)25-11-24-17/h2-9H,10-11H2,1H3,(H,20,23)(H,21,22). The van der Waals surface area contributed by atoms with E-state index in [-0.39, 0.29) is 12.7 Å². The summed E-state index contributed by atoms with van der Waals surface area (Å²) in [5.41, 5.74) is 4.19. The van der Waals surface area contributed by atoms with Crippen molar-refractivity contribution in [3.63, 3.8) is 0 Å². The maximum Gasteiger partial charge on any atom is 0.269 e. The zero-order chi connectivity index (χ0) is 17.2. The van der Waals surface area contributed by atoms with Gasteiger partial charge in [-0.15, -0.1) is 0 Å². The number of amides is 1. The Morgan fingerprint density at radius 3 is 2.88 bits per heavy atom. The van der Waals surface area contributed by atoms with E-state index in [4.69, 9.17) is 9.47 Å². The first-order valence-electron chi connectivity index (χ1n) is 7.99. The molecule has 3 aromatic rings. The van der Waals surface area contributed by atoms with Gasteiger partial charge in [0.25, 0.3) is 5.91 Å². The van der Waals surface area contributed by atoms with Gasteiger partial charge in [-0.1, -0.05) is 24.3 Å². The third-order valence-corrected chi connectivity index (χ3v) is 4.19. The average Bonchev–Trinajstić information content (AvgIpc) is 3.29. The van der Waals surface area contributed by atoms with Crippen LogP contribution < -0.4 is 14.8 Å². The fourth-order valence-electron chi connectivity index (χ4n) is 2.72. The molecular formula is C19H17N3O3. The number of aryl methyl sites for hydroxylation is 1. The smallest absolute Gasteiger partial charge is 0.269 e. The predicted molar refractivity (Wildman–Crippen MR) is 92.5 cm³/mol. The highest BCUT2D eigenvalue weighted by atomic mass is 16.7. The molecule has 6 nitrogen and oxygen atoms in total. The van der Waals surface area contributed by atoms with E-state index in [2.05, 4.69) is 15.5 Å². The van der Waals surface area contributed by atoms with Crippen LogP contribution in [0, 0.1) is 6.92 Å². The van der Waals surface area contributed by atoms with Gasteiger partial charge < -0.3 is 14.8 Å². The number of rotatable bonds is 4. The lowest BCUT2D eigenvalue weighted by Crippen LogP contribution is -2.23. The number of H-pyrrole nitrogens is 1. The summed E-state index contributed by atoms with van der Waals surface area (Å²) in [4.78, 5) is 12.3. The summed E-state index contributed by atoms with van der Waals surface area (Å²) >= 11 is 0. The first-order valence-corrected chi connectivity index (χ1v) is 7.99. The van der Waals surface area contributed by atoms with Gasteiger partial charge in [-0.25, -0.2) is 0 Å². The van der Waals surface area contributed by atoms with Crippen LogP contribution in [0.2, 0.25) is 0 Å². The number of aromatic nitrogens is 2. The zero-order valence-electron chi connectivity index (χ0n) is 13.7. The Balaban J connectivity index is 1.47. The molecule has 25 heavy (non-hydrogen) atoms. The molecule has 0 bridgehead atoms. The number of nitrogens with zero attached hydrogens (tertiary/aromatic N) is 1. The molecular weight excluding hydrogens is 318 g/mol. The molecule has 0 unspecified atom stereocenters. The van der Waals surface area contributed by atoms with Crippen molar-refractivity contribution in [3.05, 3.63) is 65.4 Å². The summed E-state index contributed by atoms with van der Waals surface area (Å²) in [5, 5.41) is 9.92. The minimum Gasteiger partial charge on any atom is -0.454 e. The van der Waals surface area contributed by atoms with Crippen LogP contribution in [0.1, 0.15) is 21.6 Å². The zero-order valence-corrected chi connectivity index (χ0v) is 13.7. The summed E-state index contributed by atoms with van der Waals surface area (Å²) in [5.74, 6) is 1.21. The molecule has 0 fully saturated rings. The van der Waals surface area contributed by atoms with Crippen LogP contribution in [-0.4, -0.2) is 22.9 Å². The van der Waals surface area contributed by atoms with Gasteiger partial charge in [-0.2, -0.15) is 5.10 Å². The molecule has 0 spiro atoms. The molecule has 4 rings (SSSR count). The molecule has 2 N–H and O–H groups in total. The molecule has 0 atom stereocenters. The summed E-state index contributed by atoms with van der Waals surface area (Å²) in [6.07, 6.45) is 0. The molecule has 1 aliphatic rings. The highest BCUT2D eigenvalue weighted by Crippen LogP contribution is 2.35.